The lowest BCUT2D eigenvalue weighted by atomic mass is 10.1. The molecule has 0 amide bonds. The first-order valence-corrected chi connectivity index (χ1v) is 9.99. The Morgan fingerprint density at radius 3 is 2.50 bits per heavy atom. The van der Waals surface area contributed by atoms with Gasteiger partial charge in [-0.1, -0.05) is 26.2 Å². The van der Waals surface area contributed by atoms with Gasteiger partial charge in [0.25, 0.3) is 0 Å². The minimum atomic E-state index is 0. The second-order valence-electron chi connectivity index (χ2n) is 7.24. The number of H-pyrrole nitrogens is 1. The molecule has 0 aliphatic carbocycles. The molecule has 0 spiro atoms. The fraction of sp³-hybridized carbons (Fsp3) is 0.737. The molecule has 1 aliphatic heterocycles. The highest BCUT2D eigenvalue weighted by Gasteiger charge is 2.13. The number of fused-ring (bicyclic) bond motifs is 1. The first-order valence-electron chi connectivity index (χ1n) is 9.99. The van der Waals surface area contributed by atoms with Gasteiger partial charge in [-0.3, -0.25) is 5.10 Å². The number of hydrogen-bond acceptors (Lipinski definition) is 5. The molecule has 3 rings (SSSR count). The van der Waals surface area contributed by atoms with E-state index in [4.69, 9.17) is 10.7 Å². The Labute approximate surface area is 162 Å². The SMILES string of the molecule is CCCCc1nc(N)c2n[nH]c(CCCCCCN3CCCC3)c2n1.Cl. The van der Waals surface area contributed by atoms with Gasteiger partial charge in [0.05, 0.1) is 5.69 Å². The second kappa shape index (κ2) is 10.7. The normalized spacial score (nSPS) is 14.8. The highest BCUT2D eigenvalue weighted by atomic mass is 35.5. The summed E-state index contributed by atoms with van der Waals surface area (Å²) in [6.07, 6.45) is 11.9. The van der Waals surface area contributed by atoms with Gasteiger partial charge in [-0.15, -0.1) is 12.4 Å². The van der Waals surface area contributed by atoms with Crippen LogP contribution in [-0.2, 0) is 12.8 Å². The Kier molecular flexibility index (Phi) is 8.59. The minimum absolute atomic E-state index is 0. The molecule has 0 saturated carbocycles. The van der Waals surface area contributed by atoms with Gasteiger partial charge in [0.2, 0.25) is 0 Å². The Morgan fingerprint density at radius 2 is 1.73 bits per heavy atom. The standard InChI is InChI=1S/C19H32N6.ClH/c1-2-3-11-16-21-17-15(23-24-18(17)19(20)22-16)10-6-4-5-7-12-25-13-8-9-14-25;/h2-14H2,1H3,(H,23,24)(H2,20,21,22);1H. The summed E-state index contributed by atoms with van der Waals surface area (Å²) in [6, 6.07) is 0. The molecule has 0 unspecified atom stereocenters. The Bertz CT molecular complexity index is 665. The van der Waals surface area contributed by atoms with Crippen LogP contribution in [0.4, 0.5) is 5.82 Å². The molecule has 0 bridgehead atoms. The third-order valence-electron chi connectivity index (χ3n) is 5.15. The Hall–Kier alpha value is -1.40. The first kappa shape index (κ1) is 20.9. The number of nitrogens with two attached hydrogens (primary N) is 1. The molecule has 26 heavy (non-hydrogen) atoms. The minimum Gasteiger partial charge on any atom is -0.382 e. The molecule has 0 atom stereocenters. The quantitative estimate of drug-likeness (QED) is 0.610. The van der Waals surface area contributed by atoms with Gasteiger partial charge in [0.15, 0.2) is 11.3 Å². The van der Waals surface area contributed by atoms with Gasteiger partial charge >= 0.3 is 0 Å². The number of aryl methyl sites for hydroxylation is 2. The average Bonchev–Trinajstić information content (AvgIpc) is 3.26. The zero-order valence-corrected chi connectivity index (χ0v) is 16.8. The lowest BCUT2D eigenvalue weighted by Gasteiger charge is -2.13. The van der Waals surface area contributed by atoms with E-state index in [2.05, 4.69) is 27.0 Å². The highest BCUT2D eigenvalue weighted by molar-refractivity contribution is 5.86. The molecule has 0 radical (unpaired) electrons. The van der Waals surface area contributed by atoms with Crippen molar-refractivity contribution in [1.29, 1.82) is 0 Å². The van der Waals surface area contributed by atoms with Crippen LogP contribution in [0.3, 0.4) is 0 Å². The molecular formula is C19H33ClN6. The molecule has 3 N–H and O–H groups in total. The number of aromatic nitrogens is 4. The van der Waals surface area contributed by atoms with Crippen LogP contribution in [0.5, 0.6) is 0 Å². The monoisotopic (exact) mass is 380 g/mol. The van der Waals surface area contributed by atoms with Crippen molar-refractivity contribution in [1.82, 2.24) is 25.1 Å². The number of unbranched alkanes of at least 4 members (excludes halogenated alkanes) is 4. The van der Waals surface area contributed by atoms with Crippen molar-refractivity contribution in [3.05, 3.63) is 11.5 Å². The van der Waals surface area contributed by atoms with Crippen molar-refractivity contribution in [2.24, 2.45) is 0 Å². The van der Waals surface area contributed by atoms with Crippen LogP contribution in [0.25, 0.3) is 11.0 Å². The number of rotatable bonds is 10. The number of halogens is 1. The molecule has 1 fully saturated rings. The summed E-state index contributed by atoms with van der Waals surface area (Å²) in [5, 5.41) is 7.46. The van der Waals surface area contributed by atoms with Gasteiger partial charge in [-0.25, -0.2) is 9.97 Å². The van der Waals surface area contributed by atoms with E-state index in [9.17, 15) is 0 Å². The van der Waals surface area contributed by atoms with E-state index in [1.807, 2.05) is 0 Å². The van der Waals surface area contributed by atoms with Crippen molar-refractivity contribution < 1.29 is 0 Å². The van der Waals surface area contributed by atoms with Crippen molar-refractivity contribution in [2.75, 3.05) is 25.4 Å². The number of anilines is 1. The summed E-state index contributed by atoms with van der Waals surface area (Å²) in [4.78, 5) is 11.7. The summed E-state index contributed by atoms with van der Waals surface area (Å²) in [6.45, 7) is 6.07. The predicted molar refractivity (Wildman–Crippen MR) is 110 cm³/mol. The summed E-state index contributed by atoms with van der Waals surface area (Å²) < 4.78 is 0. The van der Waals surface area contributed by atoms with Gasteiger partial charge in [0.1, 0.15) is 11.3 Å². The zero-order chi connectivity index (χ0) is 17.5. The van der Waals surface area contributed by atoms with Crippen LogP contribution < -0.4 is 5.73 Å². The number of nitrogen functional groups attached to an aromatic ring is 1. The number of likely N-dealkylation sites (tertiary alicyclic amines) is 1. The Balaban J connectivity index is 0.00000243. The smallest absolute Gasteiger partial charge is 0.155 e. The van der Waals surface area contributed by atoms with Gasteiger partial charge in [0, 0.05) is 6.42 Å². The van der Waals surface area contributed by atoms with Crippen LogP contribution in [0, 0.1) is 0 Å². The van der Waals surface area contributed by atoms with Crippen molar-refractivity contribution in [3.63, 3.8) is 0 Å². The molecule has 0 aromatic carbocycles. The van der Waals surface area contributed by atoms with Crippen LogP contribution in [0.2, 0.25) is 0 Å². The van der Waals surface area contributed by atoms with Gasteiger partial charge in [-0.2, -0.15) is 5.10 Å². The van der Waals surface area contributed by atoms with Gasteiger partial charge in [-0.05, 0) is 58.2 Å². The molecule has 2 aromatic heterocycles. The van der Waals surface area contributed by atoms with E-state index in [0.29, 0.717) is 5.82 Å². The number of nitrogens with one attached hydrogen (secondary N) is 1. The van der Waals surface area contributed by atoms with Crippen molar-refractivity contribution in [3.8, 4) is 0 Å². The summed E-state index contributed by atoms with van der Waals surface area (Å²) in [5.74, 6) is 1.35. The molecule has 1 saturated heterocycles. The van der Waals surface area contributed by atoms with E-state index in [0.717, 1.165) is 48.2 Å². The number of aromatic amines is 1. The zero-order valence-electron chi connectivity index (χ0n) is 16.0. The lowest BCUT2D eigenvalue weighted by Crippen LogP contribution is -2.20. The fourth-order valence-corrected chi connectivity index (χ4v) is 3.64. The largest absolute Gasteiger partial charge is 0.382 e. The summed E-state index contributed by atoms with van der Waals surface area (Å²) in [7, 11) is 0. The maximum Gasteiger partial charge on any atom is 0.155 e. The maximum atomic E-state index is 6.06. The molecule has 7 heteroatoms. The number of nitrogens with zero attached hydrogens (tertiary/aromatic N) is 4. The van der Waals surface area contributed by atoms with Crippen LogP contribution in [0.1, 0.15) is 69.8 Å². The molecule has 2 aromatic rings. The highest BCUT2D eigenvalue weighted by Crippen LogP contribution is 2.21. The second-order valence-corrected chi connectivity index (χ2v) is 7.24. The third-order valence-corrected chi connectivity index (χ3v) is 5.15. The molecular weight excluding hydrogens is 348 g/mol. The average molecular weight is 381 g/mol. The molecule has 3 heterocycles. The lowest BCUT2D eigenvalue weighted by molar-refractivity contribution is 0.328. The molecule has 146 valence electrons. The summed E-state index contributed by atoms with van der Waals surface area (Å²) in [5.41, 5.74) is 8.82. The van der Waals surface area contributed by atoms with Crippen LogP contribution in [-0.4, -0.2) is 44.7 Å². The van der Waals surface area contributed by atoms with E-state index >= 15 is 0 Å². The van der Waals surface area contributed by atoms with Crippen molar-refractivity contribution in [2.45, 2.75) is 71.1 Å². The van der Waals surface area contributed by atoms with E-state index in [1.54, 1.807) is 0 Å². The number of hydrogen-bond donors (Lipinski definition) is 2. The van der Waals surface area contributed by atoms with E-state index < -0.39 is 0 Å². The Morgan fingerprint density at radius 1 is 0.962 bits per heavy atom. The van der Waals surface area contributed by atoms with E-state index in [1.165, 1.54) is 58.2 Å². The molecule has 1 aliphatic rings. The van der Waals surface area contributed by atoms with E-state index in [-0.39, 0.29) is 12.4 Å². The fourth-order valence-electron chi connectivity index (χ4n) is 3.64. The summed E-state index contributed by atoms with van der Waals surface area (Å²) >= 11 is 0. The van der Waals surface area contributed by atoms with Crippen molar-refractivity contribution >= 4 is 29.3 Å². The predicted octanol–water partition coefficient (Wildman–Crippen LogP) is 3.90. The van der Waals surface area contributed by atoms with Gasteiger partial charge < -0.3 is 10.6 Å². The molecule has 6 nitrogen and oxygen atoms in total. The van der Waals surface area contributed by atoms with Crippen LogP contribution >= 0.6 is 12.4 Å². The van der Waals surface area contributed by atoms with Crippen LogP contribution in [0.15, 0.2) is 0 Å². The third kappa shape index (κ3) is 5.55. The topological polar surface area (TPSA) is 83.7 Å². The first-order chi connectivity index (χ1) is 12.3. The maximum absolute atomic E-state index is 6.06.